The van der Waals surface area contributed by atoms with E-state index in [1.807, 2.05) is 0 Å². The molecule has 4 N–H and O–H groups in total. The van der Waals surface area contributed by atoms with Crippen molar-refractivity contribution in [2.24, 2.45) is 0 Å². The summed E-state index contributed by atoms with van der Waals surface area (Å²) in [5.41, 5.74) is 0.267. The van der Waals surface area contributed by atoms with E-state index in [1.165, 1.54) is 31.4 Å². The molecule has 8 heteroatoms. The summed E-state index contributed by atoms with van der Waals surface area (Å²) in [4.78, 5) is 12.3. The average Bonchev–Trinajstić information content (AvgIpc) is 2.67. The van der Waals surface area contributed by atoms with Gasteiger partial charge in [0.15, 0.2) is 0 Å². The third kappa shape index (κ3) is 4.67. The molecule has 0 aromatic heterocycles. The molecule has 29 heavy (non-hydrogen) atoms. The zero-order valence-electron chi connectivity index (χ0n) is 15.3. The summed E-state index contributed by atoms with van der Waals surface area (Å²) in [5, 5.41) is 31.5. The minimum atomic E-state index is -0.728. The summed E-state index contributed by atoms with van der Waals surface area (Å²) < 4.78 is 24.0. The van der Waals surface area contributed by atoms with Gasteiger partial charge in [-0.3, -0.25) is 4.79 Å². The first-order valence-electron chi connectivity index (χ1n) is 8.51. The van der Waals surface area contributed by atoms with Gasteiger partial charge in [0.1, 0.15) is 45.9 Å². The van der Waals surface area contributed by atoms with Crippen molar-refractivity contribution in [1.82, 2.24) is 5.32 Å². The number of rotatable bonds is 6. The summed E-state index contributed by atoms with van der Waals surface area (Å²) in [6.07, 6.45) is 0. The Labute approximate surface area is 165 Å². The van der Waals surface area contributed by atoms with Gasteiger partial charge < -0.3 is 30.1 Å². The highest BCUT2D eigenvalue weighted by Crippen LogP contribution is 2.32. The Kier molecular flexibility index (Phi) is 5.73. The van der Waals surface area contributed by atoms with Gasteiger partial charge >= 0.3 is 0 Å². The van der Waals surface area contributed by atoms with Crippen molar-refractivity contribution < 1.29 is 34.0 Å². The van der Waals surface area contributed by atoms with E-state index in [0.29, 0.717) is 22.8 Å². The number of methoxy groups -OCH3 is 1. The van der Waals surface area contributed by atoms with E-state index in [2.05, 4.69) is 5.32 Å². The van der Waals surface area contributed by atoms with E-state index in [-0.39, 0.29) is 23.7 Å². The summed E-state index contributed by atoms with van der Waals surface area (Å²) in [6, 6.07) is 12.4. The molecule has 0 saturated carbocycles. The highest BCUT2D eigenvalue weighted by atomic mass is 19.1. The lowest BCUT2D eigenvalue weighted by Crippen LogP contribution is -2.23. The number of carbonyl (C=O) groups is 1. The maximum atomic E-state index is 13.0. The van der Waals surface area contributed by atoms with Crippen molar-refractivity contribution in [2.45, 2.75) is 6.54 Å². The molecule has 0 bridgehead atoms. The second kappa shape index (κ2) is 8.39. The molecule has 0 aliphatic rings. The standard InChI is InChI=1S/C21H18FNO6/c1-28-19-10-16(29-15-6-3-13(22)4-7-15)5-2-12(19)11-23-21(27)20-17(25)8-14(24)9-18(20)26/h2-10,24-26H,11H2,1H3,(H,23,27). The lowest BCUT2D eigenvalue weighted by atomic mass is 10.1. The average molecular weight is 399 g/mol. The summed E-state index contributed by atoms with van der Waals surface area (Å²) >= 11 is 0. The molecular formula is C21H18FNO6. The van der Waals surface area contributed by atoms with Crippen LogP contribution in [0.2, 0.25) is 0 Å². The molecule has 1 amide bonds. The fraction of sp³-hybridized carbons (Fsp3) is 0.0952. The van der Waals surface area contributed by atoms with E-state index in [4.69, 9.17) is 9.47 Å². The number of phenols is 3. The Bertz CT molecular complexity index is 1010. The molecule has 0 atom stereocenters. The quantitative estimate of drug-likeness (QED) is 0.504. The van der Waals surface area contributed by atoms with Crippen molar-refractivity contribution in [3.63, 3.8) is 0 Å². The number of aromatic hydroxyl groups is 3. The number of hydrogen-bond donors (Lipinski definition) is 4. The van der Waals surface area contributed by atoms with Gasteiger partial charge in [-0.2, -0.15) is 0 Å². The van der Waals surface area contributed by atoms with Crippen LogP contribution in [0.15, 0.2) is 54.6 Å². The molecule has 7 nitrogen and oxygen atoms in total. The van der Waals surface area contributed by atoms with Crippen molar-refractivity contribution in [1.29, 1.82) is 0 Å². The largest absolute Gasteiger partial charge is 0.508 e. The zero-order chi connectivity index (χ0) is 21.0. The number of phenolic OH excluding ortho intramolecular Hbond substituents is 3. The van der Waals surface area contributed by atoms with Crippen LogP contribution in [0.25, 0.3) is 0 Å². The molecular weight excluding hydrogens is 381 g/mol. The predicted molar refractivity (Wildman–Crippen MR) is 102 cm³/mol. The first-order valence-corrected chi connectivity index (χ1v) is 8.51. The maximum Gasteiger partial charge on any atom is 0.259 e. The molecule has 0 aliphatic carbocycles. The Morgan fingerprint density at radius 1 is 0.966 bits per heavy atom. The fourth-order valence-electron chi connectivity index (χ4n) is 2.67. The van der Waals surface area contributed by atoms with Crippen molar-refractivity contribution in [2.75, 3.05) is 7.11 Å². The van der Waals surface area contributed by atoms with Gasteiger partial charge in [-0.05, 0) is 36.4 Å². The second-order valence-corrected chi connectivity index (χ2v) is 6.07. The number of amides is 1. The monoisotopic (exact) mass is 399 g/mol. The molecule has 0 radical (unpaired) electrons. The molecule has 3 rings (SSSR count). The molecule has 3 aromatic rings. The highest BCUT2D eigenvalue weighted by Gasteiger charge is 2.18. The lowest BCUT2D eigenvalue weighted by Gasteiger charge is -2.13. The van der Waals surface area contributed by atoms with E-state index in [1.54, 1.807) is 18.2 Å². The first kappa shape index (κ1) is 19.8. The van der Waals surface area contributed by atoms with Crippen LogP contribution >= 0.6 is 0 Å². The maximum absolute atomic E-state index is 13.0. The van der Waals surface area contributed by atoms with Crippen molar-refractivity contribution >= 4 is 5.91 Å². The molecule has 3 aromatic carbocycles. The second-order valence-electron chi connectivity index (χ2n) is 6.07. The molecule has 0 saturated heterocycles. The van der Waals surface area contributed by atoms with Gasteiger partial charge in [0, 0.05) is 30.3 Å². The number of halogens is 1. The molecule has 150 valence electrons. The van der Waals surface area contributed by atoms with Crippen molar-refractivity contribution in [3.05, 3.63) is 71.5 Å². The third-order valence-electron chi connectivity index (χ3n) is 4.06. The van der Waals surface area contributed by atoms with Crippen LogP contribution in [0, 0.1) is 5.82 Å². The van der Waals surface area contributed by atoms with Gasteiger partial charge in [-0.1, -0.05) is 0 Å². The molecule has 0 heterocycles. The number of nitrogens with one attached hydrogen (secondary N) is 1. The van der Waals surface area contributed by atoms with Gasteiger partial charge in [-0.15, -0.1) is 0 Å². The van der Waals surface area contributed by atoms with E-state index in [0.717, 1.165) is 12.1 Å². The predicted octanol–water partition coefficient (Wildman–Crippen LogP) is 3.67. The van der Waals surface area contributed by atoms with Gasteiger partial charge in [0.05, 0.1) is 7.11 Å². The Morgan fingerprint density at radius 2 is 1.59 bits per heavy atom. The first-order chi connectivity index (χ1) is 13.9. The molecule has 0 spiro atoms. The van der Waals surface area contributed by atoms with Crippen LogP contribution in [0.4, 0.5) is 4.39 Å². The highest BCUT2D eigenvalue weighted by molar-refractivity contribution is 5.99. The van der Waals surface area contributed by atoms with Crippen LogP contribution in [-0.2, 0) is 6.54 Å². The lowest BCUT2D eigenvalue weighted by molar-refractivity contribution is 0.0945. The molecule has 0 aliphatic heterocycles. The van der Waals surface area contributed by atoms with Crippen LogP contribution in [0.1, 0.15) is 15.9 Å². The number of carbonyl (C=O) groups excluding carboxylic acids is 1. The number of hydrogen-bond acceptors (Lipinski definition) is 6. The van der Waals surface area contributed by atoms with Crippen LogP contribution in [0.3, 0.4) is 0 Å². The Morgan fingerprint density at radius 3 is 2.21 bits per heavy atom. The number of benzene rings is 3. The van der Waals surface area contributed by atoms with Crippen LogP contribution in [-0.4, -0.2) is 28.3 Å². The van der Waals surface area contributed by atoms with E-state index in [9.17, 15) is 24.5 Å². The van der Waals surface area contributed by atoms with Gasteiger partial charge in [-0.25, -0.2) is 4.39 Å². The van der Waals surface area contributed by atoms with Crippen LogP contribution < -0.4 is 14.8 Å². The van der Waals surface area contributed by atoms with Gasteiger partial charge in [0.2, 0.25) is 0 Å². The normalized spacial score (nSPS) is 10.4. The minimum Gasteiger partial charge on any atom is -0.508 e. The summed E-state index contributed by atoms with van der Waals surface area (Å²) in [5.74, 6) is -1.21. The minimum absolute atomic E-state index is 0.0403. The summed E-state index contributed by atoms with van der Waals surface area (Å²) in [6.45, 7) is 0.0403. The van der Waals surface area contributed by atoms with Gasteiger partial charge in [0.25, 0.3) is 5.91 Å². The summed E-state index contributed by atoms with van der Waals surface area (Å²) in [7, 11) is 1.46. The fourth-order valence-corrected chi connectivity index (χ4v) is 2.67. The zero-order valence-corrected chi connectivity index (χ0v) is 15.3. The topological polar surface area (TPSA) is 108 Å². The number of ether oxygens (including phenoxy) is 2. The smallest absolute Gasteiger partial charge is 0.259 e. The Hall–Kier alpha value is -3.94. The molecule has 0 unspecified atom stereocenters. The van der Waals surface area contributed by atoms with E-state index >= 15 is 0 Å². The SMILES string of the molecule is COc1cc(Oc2ccc(F)cc2)ccc1CNC(=O)c1c(O)cc(O)cc1O. The van der Waals surface area contributed by atoms with E-state index < -0.39 is 17.4 Å². The van der Waals surface area contributed by atoms with Crippen LogP contribution in [0.5, 0.6) is 34.5 Å². The molecule has 0 fully saturated rings. The Balaban J connectivity index is 1.72. The van der Waals surface area contributed by atoms with Crippen molar-refractivity contribution in [3.8, 4) is 34.5 Å². The third-order valence-corrected chi connectivity index (χ3v) is 4.06.